The molecule has 0 bridgehead atoms. The fourth-order valence-corrected chi connectivity index (χ4v) is 2.83. The molecule has 0 aliphatic heterocycles. The van der Waals surface area contributed by atoms with Gasteiger partial charge in [-0.3, -0.25) is 4.79 Å². The minimum Gasteiger partial charge on any atom is -0.267 e. The number of carbonyl (C=O) groups is 1. The van der Waals surface area contributed by atoms with Crippen molar-refractivity contribution in [2.75, 3.05) is 0 Å². The van der Waals surface area contributed by atoms with Crippen molar-refractivity contribution in [3.05, 3.63) is 94.5 Å². The van der Waals surface area contributed by atoms with Crippen molar-refractivity contribution in [2.24, 2.45) is 5.10 Å². The van der Waals surface area contributed by atoms with E-state index in [1.807, 2.05) is 49.4 Å². The Morgan fingerprint density at radius 3 is 2.20 bits per heavy atom. The van der Waals surface area contributed by atoms with Crippen LogP contribution in [0.25, 0.3) is 11.1 Å². The van der Waals surface area contributed by atoms with E-state index < -0.39 is 0 Å². The quantitative estimate of drug-likeness (QED) is 0.476. The standard InChI is InChI=1S/C21H17BrN2O/c1-15(23-24-21(25)19-8-5-9-20(22)14-19)16-10-12-18(13-11-16)17-6-3-2-4-7-17/h2-14H,1H3,(H,24,25)/b23-15+. The Morgan fingerprint density at radius 2 is 1.52 bits per heavy atom. The molecule has 1 amide bonds. The van der Waals surface area contributed by atoms with Gasteiger partial charge in [0.2, 0.25) is 0 Å². The molecule has 0 saturated heterocycles. The number of nitrogens with zero attached hydrogens (tertiary/aromatic N) is 1. The summed E-state index contributed by atoms with van der Waals surface area (Å²) in [6, 6.07) is 25.5. The smallest absolute Gasteiger partial charge is 0.267 e. The van der Waals surface area contributed by atoms with Gasteiger partial charge in [0.25, 0.3) is 5.91 Å². The van der Waals surface area contributed by atoms with E-state index in [0.29, 0.717) is 5.56 Å². The molecule has 3 aromatic rings. The number of carbonyl (C=O) groups excluding carboxylic acids is 1. The molecule has 3 rings (SSSR count). The molecule has 0 fully saturated rings. The number of benzene rings is 3. The maximum Gasteiger partial charge on any atom is 0.271 e. The minimum absolute atomic E-state index is 0.235. The van der Waals surface area contributed by atoms with Gasteiger partial charge in [-0.1, -0.05) is 76.6 Å². The van der Waals surface area contributed by atoms with Gasteiger partial charge < -0.3 is 0 Å². The van der Waals surface area contributed by atoms with E-state index in [1.54, 1.807) is 12.1 Å². The number of halogens is 1. The zero-order valence-electron chi connectivity index (χ0n) is 13.7. The van der Waals surface area contributed by atoms with Gasteiger partial charge >= 0.3 is 0 Å². The highest BCUT2D eigenvalue weighted by molar-refractivity contribution is 9.10. The lowest BCUT2D eigenvalue weighted by Gasteiger charge is -2.05. The highest BCUT2D eigenvalue weighted by Gasteiger charge is 2.05. The van der Waals surface area contributed by atoms with Crippen LogP contribution in [-0.4, -0.2) is 11.6 Å². The monoisotopic (exact) mass is 392 g/mol. The first-order valence-corrected chi connectivity index (χ1v) is 8.69. The fraction of sp³-hybridized carbons (Fsp3) is 0.0476. The van der Waals surface area contributed by atoms with Gasteiger partial charge in [0.1, 0.15) is 0 Å². The van der Waals surface area contributed by atoms with Crippen molar-refractivity contribution >= 4 is 27.5 Å². The van der Waals surface area contributed by atoms with Crippen LogP contribution >= 0.6 is 15.9 Å². The van der Waals surface area contributed by atoms with Gasteiger partial charge in [-0.15, -0.1) is 0 Å². The number of hydrogen-bond acceptors (Lipinski definition) is 2. The third kappa shape index (κ3) is 4.43. The van der Waals surface area contributed by atoms with Crippen molar-refractivity contribution in [2.45, 2.75) is 6.92 Å². The lowest BCUT2D eigenvalue weighted by atomic mass is 10.0. The van der Waals surface area contributed by atoms with Crippen LogP contribution in [0.5, 0.6) is 0 Å². The van der Waals surface area contributed by atoms with Crippen LogP contribution in [-0.2, 0) is 0 Å². The lowest BCUT2D eigenvalue weighted by molar-refractivity contribution is 0.0955. The molecular weight excluding hydrogens is 376 g/mol. The average molecular weight is 393 g/mol. The van der Waals surface area contributed by atoms with Crippen molar-refractivity contribution in [1.82, 2.24) is 5.43 Å². The first-order valence-electron chi connectivity index (χ1n) is 7.89. The second-order valence-electron chi connectivity index (χ2n) is 5.59. The second kappa shape index (κ2) is 7.90. The molecule has 0 unspecified atom stereocenters. The summed E-state index contributed by atoms with van der Waals surface area (Å²) in [7, 11) is 0. The molecule has 0 atom stereocenters. The van der Waals surface area contributed by atoms with Crippen LogP contribution in [0.2, 0.25) is 0 Å². The van der Waals surface area contributed by atoms with Crippen molar-refractivity contribution in [3.63, 3.8) is 0 Å². The van der Waals surface area contributed by atoms with E-state index in [2.05, 4.69) is 50.7 Å². The number of hydrazone groups is 1. The Kier molecular flexibility index (Phi) is 5.41. The molecule has 1 N–H and O–H groups in total. The number of hydrogen-bond donors (Lipinski definition) is 1. The van der Waals surface area contributed by atoms with Gasteiger partial charge in [-0.2, -0.15) is 5.10 Å². The molecule has 0 aliphatic carbocycles. The summed E-state index contributed by atoms with van der Waals surface area (Å²) < 4.78 is 0.859. The Bertz CT molecular complexity index is 903. The number of amides is 1. The largest absolute Gasteiger partial charge is 0.271 e. The van der Waals surface area contributed by atoms with Crippen LogP contribution < -0.4 is 5.43 Å². The molecule has 3 aromatic carbocycles. The average Bonchev–Trinajstić information content (AvgIpc) is 2.66. The van der Waals surface area contributed by atoms with Crippen LogP contribution in [0.1, 0.15) is 22.8 Å². The first-order chi connectivity index (χ1) is 12.1. The predicted octanol–water partition coefficient (Wildman–Crippen LogP) is 5.27. The number of nitrogens with one attached hydrogen (secondary N) is 1. The molecule has 3 nitrogen and oxygen atoms in total. The van der Waals surface area contributed by atoms with Crippen molar-refractivity contribution in [1.29, 1.82) is 0 Å². The predicted molar refractivity (Wildman–Crippen MR) is 106 cm³/mol. The second-order valence-corrected chi connectivity index (χ2v) is 6.51. The molecule has 0 radical (unpaired) electrons. The Morgan fingerprint density at radius 1 is 0.840 bits per heavy atom. The molecule has 124 valence electrons. The zero-order chi connectivity index (χ0) is 17.6. The Labute approximate surface area is 155 Å². The molecule has 4 heteroatoms. The molecule has 0 saturated carbocycles. The van der Waals surface area contributed by atoms with Crippen molar-refractivity contribution < 1.29 is 4.79 Å². The van der Waals surface area contributed by atoms with E-state index in [9.17, 15) is 4.79 Å². The summed E-state index contributed by atoms with van der Waals surface area (Å²) in [6.45, 7) is 1.87. The van der Waals surface area contributed by atoms with E-state index in [1.165, 1.54) is 5.56 Å². The zero-order valence-corrected chi connectivity index (χ0v) is 15.3. The summed E-state index contributed by atoms with van der Waals surface area (Å²) in [5.74, 6) is -0.235. The van der Waals surface area contributed by atoms with Gasteiger partial charge in [-0.25, -0.2) is 5.43 Å². The maximum absolute atomic E-state index is 12.1. The molecule has 25 heavy (non-hydrogen) atoms. The summed E-state index contributed by atoms with van der Waals surface area (Å²) >= 11 is 3.36. The van der Waals surface area contributed by atoms with Crippen LogP contribution in [0.15, 0.2) is 88.4 Å². The summed E-state index contributed by atoms with van der Waals surface area (Å²) in [5.41, 5.74) is 7.20. The van der Waals surface area contributed by atoms with Crippen LogP contribution in [0.4, 0.5) is 0 Å². The molecule has 0 aromatic heterocycles. The fourth-order valence-electron chi connectivity index (χ4n) is 2.43. The summed E-state index contributed by atoms with van der Waals surface area (Å²) in [4.78, 5) is 12.1. The van der Waals surface area contributed by atoms with Crippen LogP contribution in [0.3, 0.4) is 0 Å². The van der Waals surface area contributed by atoms with E-state index in [0.717, 1.165) is 21.3 Å². The summed E-state index contributed by atoms with van der Waals surface area (Å²) in [6.07, 6.45) is 0. The van der Waals surface area contributed by atoms with Gasteiger partial charge in [0.15, 0.2) is 0 Å². The van der Waals surface area contributed by atoms with Crippen molar-refractivity contribution in [3.8, 4) is 11.1 Å². The van der Waals surface area contributed by atoms with Crippen LogP contribution in [0, 0.1) is 0 Å². The first kappa shape index (κ1) is 17.1. The highest BCUT2D eigenvalue weighted by atomic mass is 79.9. The van der Waals surface area contributed by atoms with E-state index >= 15 is 0 Å². The number of rotatable bonds is 4. The molecular formula is C21H17BrN2O. The van der Waals surface area contributed by atoms with E-state index in [-0.39, 0.29) is 5.91 Å². The van der Waals surface area contributed by atoms with Gasteiger partial charge in [0.05, 0.1) is 5.71 Å². The van der Waals surface area contributed by atoms with Gasteiger partial charge in [-0.05, 0) is 41.8 Å². The minimum atomic E-state index is -0.235. The SMILES string of the molecule is C/C(=N\NC(=O)c1cccc(Br)c1)c1ccc(-c2ccccc2)cc1. The lowest BCUT2D eigenvalue weighted by Crippen LogP contribution is -2.19. The topological polar surface area (TPSA) is 41.5 Å². The Balaban J connectivity index is 1.71. The van der Waals surface area contributed by atoms with E-state index in [4.69, 9.17) is 0 Å². The Hall–Kier alpha value is -2.72. The highest BCUT2D eigenvalue weighted by Crippen LogP contribution is 2.19. The third-order valence-electron chi connectivity index (χ3n) is 3.82. The molecule has 0 spiro atoms. The molecule has 0 heterocycles. The maximum atomic E-state index is 12.1. The third-order valence-corrected chi connectivity index (χ3v) is 4.32. The molecule has 0 aliphatic rings. The van der Waals surface area contributed by atoms with Gasteiger partial charge in [0, 0.05) is 10.0 Å². The normalized spacial score (nSPS) is 11.2. The summed E-state index contributed by atoms with van der Waals surface area (Å²) in [5, 5.41) is 4.20.